The van der Waals surface area contributed by atoms with E-state index in [-0.39, 0.29) is 6.04 Å². The van der Waals surface area contributed by atoms with Gasteiger partial charge in [0, 0.05) is 0 Å². The predicted molar refractivity (Wildman–Crippen MR) is 52.2 cm³/mol. The Morgan fingerprint density at radius 2 is 2.31 bits per heavy atom. The van der Waals surface area contributed by atoms with Crippen molar-refractivity contribution in [3.05, 3.63) is 0 Å². The highest BCUT2D eigenvalue weighted by atomic mass is 31.2. The third-order valence-electron chi connectivity index (χ3n) is 2.20. The van der Waals surface area contributed by atoms with Crippen molar-refractivity contribution in [3.63, 3.8) is 0 Å². The quantitative estimate of drug-likeness (QED) is 0.469. The normalized spacial score (nSPS) is 36.1. The summed E-state index contributed by atoms with van der Waals surface area (Å²) in [4.78, 5) is 0. The van der Waals surface area contributed by atoms with Gasteiger partial charge in [-0.15, -0.1) is 6.42 Å². The van der Waals surface area contributed by atoms with Gasteiger partial charge in [-0.25, -0.2) is 9.34 Å². The molecule has 74 valence electrons. The van der Waals surface area contributed by atoms with Crippen LogP contribution in [0.15, 0.2) is 0 Å². The molecule has 13 heavy (non-hydrogen) atoms. The minimum Gasteiger partial charge on any atom is -0.306 e. The van der Waals surface area contributed by atoms with Gasteiger partial charge >= 0.3 is 7.67 Å². The molecule has 4 nitrogen and oxygen atoms in total. The summed E-state index contributed by atoms with van der Waals surface area (Å²) in [6, 6.07) is -0.0815. The molecule has 0 bridgehead atoms. The number of nitrogens with zero attached hydrogens (tertiary/aromatic N) is 2. The van der Waals surface area contributed by atoms with Gasteiger partial charge in [0.25, 0.3) is 0 Å². The lowest BCUT2D eigenvalue weighted by atomic mass is 10.2. The Morgan fingerprint density at radius 3 is 2.77 bits per heavy atom. The minimum absolute atomic E-state index is 0.0815. The van der Waals surface area contributed by atoms with E-state index in [1.807, 2.05) is 0 Å². The Hall–Kier alpha value is -0.330. The van der Waals surface area contributed by atoms with Crippen LogP contribution < -0.4 is 0 Å². The number of terminal acetylenes is 1. The molecule has 1 fully saturated rings. The van der Waals surface area contributed by atoms with Crippen LogP contribution in [0, 0.1) is 12.3 Å². The van der Waals surface area contributed by atoms with E-state index in [2.05, 4.69) is 5.92 Å². The van der Waals surface area contributed by atoms with Crippen LogP contribution in [0.1, 0.15) is 6.42 Å². The topological polar surface area (TPSA) is 32.8 Å². The van der Waals surface area contributed by atoms with E-state index in [1.165, 1.54) is 0 Å². The maximum Gasteiger partial charge on any atom is 0.346 e. The van der Waals surface area contributed by atoms with Crippen LogP contribution in [-0.2, 0) is 9.09 Å². The zero-order valence-corrected chi connectivity index (χ0v) is 9.12. The molecule has 0 spiro atoms. The molecule has 0 N–H and O–H groups in total. The number of rotatable bonds is 1. The summed E-state index contributed by atoms with van der Waals surface area (Å²) >= 11 is 0. The van der Waals surface area contributed by atoms with Gasteiger partial charge in [0.1, 0.15) is 0 Å². The molecule has 0 aromatic rings. The third kappa shape index (κ3) is 1.79. The van der Waals surface area contributed by atoms with Crippen LogP contribution in [-0.4, -0.2) is 43.1 Å². The van der Waals surface area contributed by atoms with Crippen LogP contribution in [0.25, 0.3) is 0 Å². The molecular formula is C8H15N2O2P. The molecule has 0 amide bonds. The van der Waals surface area contributed by atoms with E-state index in [0.717, 1.165) is 6.42 Å². The second-order valence-corrected chi connectivity index (χ2v) is 5.89. The van der Waals surface area contributed by atoms with Gasteiger partial charge in [0.2, 0.25) is 0 Å². The fraction of sp³-hybridized carbons (Fsp3) is 0.750. The van der Waals surface area contributed by atoms with E-state index in [4.69, 9.17) is 10.9 Å². The second kappa shape index (κ2) is 3.81. The number of hydrogen-bond donors (Lipinski definition) is 0. The summed E-state index contributed by atoms with van der Waals surface area (Å²) in [7, 11) is 2.38. The van der Waals surface area contributed by atoms with Crippen molar-refractivity contribution >= 4 is 7.67 Å². The van der Waals surface area contributed by atoms with Gasteiger partial charge in [0.15, 0.2) is 0 Å². The van der Waals surface area contributed by atoms with E-state index < -0.39 is 7.67 Å². The largest absolute Gasteiger partial charge is 0.346 e. The summed E-state index contributed by atoms with van der Waals surface area (Å²) in [5.41, 5.74) is 0. The molecule has 1 aliphatic rings. The number of hydrogen-bond acceptors (Lipinski definition) is 2. The van der Waals surface area contributed by atoms with Crippen LogP contribution in [0.2, 0.25) is 0 Å². The van der Waals surface area contributed by atoms with Crippen molar-refractivity contribution in [1.82, 2.24) is 9.34 Å². The van der Waals surface area contributed by atoms with E-state index in [9.17, 15) is 4.57 Å². The molecule has 1 heterocycles. The highest BCUT2D eigenvalue weighted by molar-refractivity contribution is 7.53. The summed E-state index contributed by atoms with van der Waals surface area (Å²) in [5.74, 6) is 2.61. The standard InChI is InChI=1S/C8H15N2O2P/c1-5-8-6-7-12-13(11,9(2)3)10(8)4/h1,8H,6-7H2,2-4H3. The highest BCUT2D eigenvalue weighted by Crippen LogP contribution is 2.55. The van der Waals surface area contributed by atoms with Gasteiger partial charge in [-0.2, -0.15) is 0 Å². The van der Waals surface area contributed by atoms with Crippen molar-refractivity contribution in [1.29, 1.82) is 0 Å². The first kappa shape index (κ1) is 10.7. The van der Waals surface area contributed by atoms with Gasteiger partial charge in [-0.1, -0.05) is 5.92 Å². The van der Waals surface area contributed by atoms with Crippen LogP contribution >= 0.6 is 7.67 Å². The lowest BCUT2D eigenvalue weighted by Gasteiger charge is -2.38. The van der Waals surface area contributed by atoms with Gasteiger partial charge < -0.3 is 4.52 Å². The molecule has 0 saturated carbocycles. The average molecular weight is 202 g/mol. The fourth-order valence-electron chi connectivity index (χ4n) is 1.33. The van der Waals surface area contributed by atoms with Crippen LogP contribution in [0.3, 0.4) is 0 Å². The maximum absolute atomic E-state index is 12.2. The molecule has 0 radical (unpaired) electrons. The average Bonchev–Trinajstić information content (AvgIpc) is 2.09. The lowest BCUT2D eigenvalue weighted by molar-refractivity contribution is 0.172. The second-order valence-electron chi connectivity index (χ2n) is 3.22. The van der Waals surface area contributed by atoms with Crippen molar-refractivity contribution in [2.24, 2.45) is 0 Å². The molecule has 2 unspecified atom stereocenters. The molecule has 1 aliphatic heterocycles. The molecule has 1 rings (SSSR count). The molecule has 0 aromatic heterocycles. The highest BCUT2D eigenvalue weighted by Gasteiger charge is 2.39. The van der Waals surface area contributed by atoms with Gasteiger partial charge in [0.05, 0.1) is 12.6 Å². The fourth-order valence-corrected chi connectivity index (χ4v) is 3.18. The third-order valence-corrected chi connectivity index (χ3v) is 4.80. The molecule has 5 heteroatoms. The first-order chi connectivity index (χ1) is 6.02. The Morgan fingerprint density at radius 1 is 1.69 bits per heavy atom. The predicted octanol–water partition coefficient (Wildman–Crippen LogP) is 1.01. The smallest absolute Gasteiger partial charge is 0.306 e. The summed E-state index contributed by atoms with van der Waals surface area (Å²) in [6.07, 6.45) is 6.07. The monoisotopic (exact) mass is 202 g/mol. The molecule has 0 aromatic carbocycles. The zero-order valence-electron chi connectivity index (χ0n) is 8.23. The molecule has 0 aliphatic carbocycles. The Balaban J connectivity index is 2.89. The van der Waals surface area contributed by atoms with Crippen molar-refractivity contribution in [2.45, 2.75) is 12.5 Å². The Labute approximate surface area is 79.4 Å². The minimum atomic E-state index is -2.82. The zero-order chi connectivity index (χ0) is 10.1. The van der Waals surface area contributed by atoms with Crippen molar-refractivity contribution in [2.75, 3.05) is 27.7 Å². The van der Waals surface area contributed by atoms with E-state index in [0.29, 0.717) is 6.61 Å². The molecular weight excluding hydrogens is 187 g/mol. The Bertz CT molecular complexity index is 272. The summed E-state index contributed by atoms with van der Waals surface area (Å²) < 4.78 is 20.7. The van der Waals surface area contributed by atoms with E-state index >= 15 is 0 Å². The van der Waals surface area contributed by atoms with Gasteiger partial charge in [-0.05, 0) is 27.6 Å². The Kier molecular flexibility index (Phi) is 3.15. The first-order valence-electron chi connectivity index (χ1n) is 4.14. The summed E-state index contributed by atoms with van der Waals surface area (Å²) in [6.45, 7) is 0.467. The maximum atomic E-state index is 12.2. The first-order valence-corrected chi connectivity index (χ1v) is 5.67. The van der Waals surface area contributed by atoms with Crippen molar-refractivity contribution < 1.29 is 9.09 Å². The van der Waals surface area contributed by atoms with E-state index in [1.54, 1.807) is 30.5 Å². The summed E-state index contributed by atoms with van der Waals surface area (Å²) in [5, 5.41) is 0. The molecule has 1 saturated heterocycles. The van der Waals surface area contributed by atoms with Gasteiger partial charge in [-0.3, -0.25) is 4.57 Å². The molecule has 2 atom stereocenters. The van der Waals surface area contributed by atoms with Crippen LogP contribution in [0.5, 0.6) is 0 Å². The SMILES string of the molecule is C#CC1CCOP(=O)(N(C)C)N1C. The lowest BCUT2D eigenvalue weighted by Crippen LogP contribution is -2.38. The van der Waals surface area contributed by atoms with Crippen LogP contribution in [0.4, 0.5) is 0 Å². The van der Waals surface area contributed by atoms with Crippen molar-refractivity contribution in [3.8, 4) is 12.3 Å².